The number of nitrogens with zero attached hydrogens (tertiary/aromatic N) is 2. The van der Waals surface area contributed by atoms with Gasteiger partial charge in [0.05, 0.1) is 11.8 Å². The number of hydrogen-bond donors (Lipinski definition) is 1. The first-order valence-corrected chi connectivity index (χ1v) is 6.50. The molecule has 1 N–H and O–H groups in total. The molecular weight excluding hydrogens is 214 g/mol. The van der Waals surface area contributed by atoms with Crippen molar-refractivity contribution in [3.05, 3.63) is 17.0 Å². The molecule has 2 heterocycles. The van der Waals surface area contributed by atoms with Crippen molar-refractivity contribution >= 4 is 0 Å². The Balaban J connectivity index is 1.74. The fraction of sp³-hybridized carbons (Fsp3) is 0.769. The molecule has 1 fully saturated rings. The molecular formula is C13H23N3O. The summed E-state index contributed by atoms with van der Waals surface area (Å²) in [5, 5.41) is 7.91. The van der Waals surface area contributed by atoms with Gasteiger partial charge >= 0.3 is 0 Å². The van der Waals surface area contributed by atoms with E-state index in [0.717, 1.165) is 31.8 Å². The van der Waals surface area contributed by atoms with Crippen LogP contribution in [0.5, 0.6) is 0 Å². The second-order valence-electron chi connectivity index (χ2n) is 4.86. The molecule has 1 saturated heterocycles. The van der Waals surface area contributed by atoms with Crippen LogP contribution in [-0.4, -0.2) is 35.6 Å². The van der Waals surface area contributed by atoms with Crippen LogP contribution >= 0.6 is 0 Å². The number of aromatic nitrogens is 2. The van der Waals surface area contributed by atoms with Crippen LogP contribution in [0.15, 0.2) is 0 Å². The van der Waals surface area contributed by atoms with Crippen molar-refractivity contribution in [1.82, 2.24) is 15.1 Å². The highest BCUT2D eigenvalue weighted by molar-refractivity contribution is 5.24. The zero-order valence-corrected chi connectivity index (χ0v) is 11.1. The number of ether oxygens (including phenoxy) is 1. The minimum atomic E-state index is 0.436. The first kappa shape index (κ1) is 12.6. The summed E-state index contributed by atoms with van der Waals surface area (Å²) in [5.41, 5.74) is 3.82. The zero-order chi connectivity index (χ0) is 12.3. The smallest absolute Gasteiger partial charge is 0.0700 e. The van der Waals surface area contributed by atoms with Crippen LogP contribution in [0, 0.1) is 13.8 Å². The third-order valence-electron chi connectivity index (χ3n) is 3.61. The Morgan fingerprint density at radius 3 is 2.88 bits per heavy atom. The minimum Gasteiger partial charge on any atom is -0.377 e. The lowest BCUT2D eigenvalue weighted by Crippen LogP contribution is -2.28. The van der Waals surface area contributed by atoms with E-state index in [0.29, 0.717) is 6.10 Å². The molecule has 0 aliphatic carbocycles. The van der Waals surface area contributed by atoms with Crippen LogP contribution in [0.25, 0.3) is 0 Å². The van der Waals surface area contributed by atoms with E-state index in [4.69, 9.17) is 4.74 Å². The van der Waals surface area contributed by atoms with E-state index in [1.807, 2.05) is 11.7 Å². The maximum absolute atomic E-state index is 5.58. The van der Waals surface area contributed by atoms with Gasteiger partial charge in [0.2, 0.25) is 0 Å². The lowest BCUT2D eigenvalue weighted by atomic mass is 10.1. The third-order valence-corrected chi connectivity index (χ3v) is 3.61. The van der Waals surface area contributed by atoms with E-state index < -0.39 is 0 Å². The number of nitrogens with one attached hydrogen (secondary N) is 1. The SMILES string of the molecule is Cc1nn(C)c(C)c1CCNCC1CCCO1. The molecule has 0 saturated carbocycles. The first-order valence-electron chi connectivity index (χ1n) is 6.50. The number of hydrogen-bond acceptors (Lipinski definition) is 3. The Hall–Kier alpha value is -0.870. The standard InChI is InChI=1S/C13H23N3O/c1-10-13(11(2)16(3)15-10)6-7-14-9-12-5-4-8-17-12/h12,14H,4-9H2,1-3H3. The van der Waals surface area contributed by atoms with Crippen molar-refractivity contribution in [1.29, 1.82) is 0 Å². The monoisotopic (exact) mass is 237 g/mol. The zero-order valence-electron chi connectivity index (χ0n) is 11.1. The summed E-state index contributed by atoms with van der Waals surface area (Å²) in [7, 11) is 2.01. The topological polar surface area (TPSA) is 39.1 Å². The summed E-state index contributed by atoms with van der Waals surface area (Å²) in [6.07, 6.45) is 3.91. The normalized spacial score (nSPS) is 20.1. The molecule has 4 heteroatoms. The molecule has 0 amide bonds. The molecule has 0 radical (unpaired) electrons. The molecule has 1 aromatic rings. The molecule has 4 nitrogen and oxygen atoms in total. The van der Waals surface area contributed by atoms with Crippen molar-refractivity contribution < 1.29 is 4.74 Å². The van der Waals surface area contributed by atoms with E-state index in [-0.39, 0.29) is 0 Å². The van der Waals surface area contributed by atoms with Crippen molar-refractivity contribution in [3.63, 3.8) is 0 Å². The van der Waals surface area contributed by atoms with E-state index >= 15 is 0 Å². The van der Waals surface area contributed by atoms with E-state index in [1.165, 1.54) is 24.1 Å². The fourth-order valence-electron chi connectivity index (χ4n) is 2.46. The van der Waals surface area contributed by atoms with Crippen LogP contribution in [0.4, 0.5) is 0 Å². The van der Waals surface area contributed by atoms with Crippen molar-refractivity contribution in [2.24, 2.45) is 7.05 Å². The van der Waals surface area contributed by atoms with Gasteiger partial charge in [-0.2, -0.15) is 5.10 Å². The van der Waals surface area contributed by atoms with Gasteiger partial charge in [0.1, 0.15) is 0 Å². The molecule has 1 atom stereocenters. The highest BCUT2D eigenvalue weighted by atomic mass is 16.5. The van der Waals surface area contributed by atoms with Gasteiger partial charge in [0.15, 0.2) is 0 Å². The van der Waals surface area contributed by atoms with Gasteiger partial charge in [0, 0.05) is 25.9 Å². The molecule has 1 aliphatic heterocycles. The van der Waals surface area contributed by atoms with Gasteiger partial charge in [-0.05, 0) is 45.2 Å². The lowest BCUT2D eigenvalue weighted by molar-refractivity contribution is 0.110. The third kappa shape index (κ3) is 3.07. The molecule has 0 bridgehead atoms. The maximum Gasteiger partial charge on any atom is 0.0700 e. The summed E-state index contributed by atoms with van der Waals surface area (Å²) in [6, 6.07) is 0. The van der Waals surface area contributed by atoms with Gasteiger partial charge in [-0.3, -0.25) is 4.68 Å². The van der Waals surface area contributed by atoms with Gasteiger partial charge in [0.25, 0.3) is 0 Å². The molecule has 1 aliphatic rings. The Kier molecular flexibility index (Phi) is 4.18. The lowest BCUT2D eigenvalue weighted by Gasteiger charge is -2.10. The molecule has 0 spiro atoms. The average molecular weight is 237 g/mol. The second-order valence-corrected chi connectivity index (χ2v) is 4.86. The van der Waals surface area contributed by atoms with E-state index in [1.54, 1.807) is 0 Å². The van der Waals surface area contributed by atoms with Crippen molar-refractivity contribution in [3.8, 4) is 0 Å². The van der Waals surface area contributed by atoms with Crippen LogP contribution in [0.2, 0.25) is 0 Å². The van der Waals surface area contributed by atoms with Crippen molar-refractivity contribution in [2.45, 2.75) is 39.2 Å². The van der Waals surface area contributed by atoms with Crippen molar-refractivity contribution in [2.75, 3.05) is 19.7 Å². The maximum atomic E-state index is 5.58. The summed E-state index contributed by atoms with van der Waals surface area (Å²) in [5.74, 6) is 0. The van der Waals surface area contributed by atoms with E-state index in [9.17, 15) is 0 Å². The highest BCUT2D eigenvalue weighted by Crippen LogP contribution is 2.13. The predicted octanol–water partition coefficient (Wildman–Crippen LogP) is 1.35. The molecule has 2 rings (SSSR count). The number of aryl methyl sites for hydroxylation is 2. The van der Waals surface area contributed by atoms with E-state index in [2.05, 4.69) is 24.3 Å². The summed E-state index contributed by atoms with van der Waals surface area (Å²) in [6.45, 7) is 7.15. The predicted molar refractivity (Wildman–Crippen MR) is 68.2 cm³/mol. The molecule has 17 heavy (non-hydrogen) atoms. The van der Waals surface area contributed by atoms with Gasteiger partial charge in [-0.25, -0.2) is 0 Å². The Morgan fingerprint density at radius 1 is 1.47 bits per heavy atom. The Labute approximate surface area is 103 Å². The highest BCUT2D eigenvalue weighted by Gasteiger charge is 2.14. The fourth-order valence-corrected chi connectivity index (χ4v) is 2.46. The second kappa shape index (κ2) is 5.65. The molecule has 1 unspecified atom stereocenters. The van der Waals surface area contributed by atoms with Crippen LogP contribution in [0.3, 0.4) is 0 Å². The Bertz CT molecular complexity index is 367. The van der Waals surface area contributed by atoms with Gasteiger partial charge in [-0.15, -0.1) is 0 Å². The van der Waals surface area contributed by atoms with Gasteiger partial charge in [-0.1, -0.05) is 0 Å². The minimum absolute atomic E-state index is 0.436. The summed E-state index contributed by atoms with van der Waals surface area (Å²) >= 11 is 0. The van der Waals surface area contributed by atoms with Gasteiger partial charge < -0.3 is 10.1 Å². The Morgan fingerprint density at radius 2 is 2.29 bits per heavy atom. The van der Waals surface area contributed by atoms with Crippen LogP contribution < -0.4 is 5.32 Å². The largest absolute Gasteiger partial charge is 0.377 e. The van der Waals surface area contributed by atoms with Crippen LogP contribution in [-0.2, 0) is 18.2 Å². The molecule has 1 aromatic heterocycles. The first-order chi connectivity index (χ1) is 8.18. The van der Waals surface area contributed by atoms with Crippen LogP contribution in [0.1, 0.15) is 29.8 Å². The quantitative estimate of drug-likeness (QED) is 0.786. The summed E-state index contributed by atoms with van der Waals surface area (Å²) in [4.78, 5) is 0. The summed E-state index contributed by atoms with van der Waals surface area (Å²) < 4.78 is 7.54. The average Bonchev–Trinajstić information content (AvgIpc) is 2.87. The number of rotatable bonds is 5. The molecule has 0 aromatic carbocycles. The molecule has 96 valence electrons.